The van der Waals surface area contributed by atoms with Gasteiger partial charge in [-0.05, 0) is 62.0 Å². The fraction of sp³-hybridized carbons (Fsp3) is 0.417. The summed E-state index contributed by atoms with van der Waals surface area (Å²) in [5.74, 6) is 1.85. The van der Waals surface area contributed by atoms with Crippen molar-refractivity contribution >= 4 is 74.5 Å². The number of nitrogens with two attached hydrogens (primary N) is 2. The van der Waals surface area contributed by atoms with E-state index in [0.29, 0.717) is 50.4 Å². The maximum Gasteiger partial charge on any atom is 0.228 e. The SMILES string of the molecule is BrCc1cccnc1.Cl.Nc1ncc(-c2nc(N3CCOCC3)nc3c2ncn3C2CCN(Cc3cccnc3)CC2)cn1.Nc1ncc(-c2nc(N3CCOCC3)nc3c2ncn3C2CCNCC2)cn1. The average Bonchev–Trinajstić information content (AvgIpc) is 4.08. The van der Waals surface area contributed by atoms with E-state index in [9.17, 15) is 0 Å². The van der Waals surface area contributed by atoms with Crippen molar-refractivity contribution in [1.29, 1.82) is 0 Å². The van der Waals surface area contributed by atoms with E-state index in [2.05, 4.69) is 86.0 Å². The highest BCUT2D eigenvalue weighted by Gasteiger charge is 2.27. The van der Waals surface area contributed by atoms with Crippen LogP contribution in [0.1, 0.15) is 48.9 Å². The maximum absolute atomic E-state index is 5.72. The van der Waals surface area contributed by atoms with Crippen molar-refractivity contribution in [2.24, 2.45) is 0 Å². The molecule has 72 heavy (non-hydrogen) atoms. The van der Waals surface area contributed by atoms with E-state index < -0.39 is 0 Å². The number of likely N-dealkylation sites (tertiary alicyclic amines) is 1. The summed E-state index contributed by atoms with van der Waals surface area (Å²) in [5, 5.41) is 4.30. The highest BCUT2D eigenvalue weighted by Crippen LogP contribution is 2.33. The summed E-state index contributed by atoms with van der Waals surface area (Å²) in [7, 11) is 0. The average molecular weight is 1060 g/mol. The molecule has 0 saturated carbocycles. The van der Waals surface area contributed by atoms with Crippen molar-refractivity contribution in [3.63, 3.8) is 0 Å². The second-order valence-electron chi connectivity index (χ2n) is 17.6. The molecule has 22 nitrogen and oxygen atoms in total. The predicted molar refractivity (Wildman–Crippen MR) is 281 cm³/mol. The number of hydrogen-bond donors (Lipinski definition) is 3. The zero-order valence-corrected chi connectivity index (χ0v) is 42.2. The van der Waals surface area contributed by atoms with Crippen molar-refractivity contribution < 1.29 is 9.47 Å². The predicted octanol–water partition coefficient (Wildman–Crippen LogP) is 4.96. The molecule has 5 N–H and O–H groups in total. The van der Waals surface area contributed by atoms with Gasteiger partial charge in [-0.3, -0.25) is 14.9 Å². The highest BCUT2D eigenvalue weighted by atomic mass is 79.9. The topological polar surface area (TPSA) is 257 Å². The van der Waals surface area contributed by atoms with Gasteiger partial charge in [-0.2, -0.15) is 9.97 Å². The van der Waals surface area contributed by atoms with Crippen LogP contribution in [0, 0.1) is 0 Å². The number of rotatable bonds is 9. The van der Waals surface area contributed by atoms with E-state index >= 15 is 0 Å². The molecule has 4 saturated heterocycles. The number of nitrogen functional groups attached to an aromatic ring is 2. The summed E-state index contributed by atoms with van der Waals surface area (Å²) in [4.78, 5) is 60.6. The molecule has 8 aromatic rings. The number of nitrogens with one attached hydrogen (secondary N) is 1. The van der Waals surface area contributed by atoms with Gasteiger partial charge in [-0.1, -0.05) is 28.1 Å². The van der Waals surface area contributed by atoms with Crippen molar-refractivity contribution in [3.05, 3.63) is 97.6 Å². The third-order valence-electron chi connectivity index (χ3n) is 13.0. The van der Waals surface area contributed by atoms with Crippen LogP contribution < -0.4 is 26.6 Å². The first-order valence-corrected chi connectivity index (χ1v) is 25.2. The number of alkyl halides is 1. The van der Waals surface area contributed by atoms with Gasteiger partial charge in [-0.25, -0.2) is 39.9 Å². The Bertz CT molecular complexity index is 2950. The first-order valence-electron chi connectivity index (χ1n) is 24.0. The van der Waals surface area contributed by atoms with E-state index in [1.807, 2.05) is 49.4 Å². The number of imidazole rings is 2. The van der Waals surface area contributed by atoms with Gasteiger partial charge in [0.1, 0.15) is 22.4 Å². The van der Waals surface area contributed by atoms with Crippen LogP contribution in [0.4, 0.5) is 23.8 Å². The van der Waals surface area contributed by atoms with Crippen LogP contribution >= 0.6 is 28.3 Å². The number of fused-ring (bicyclic) bond motifs is 2. The lowest BCUT2D eigenvalue weighted by molar-refractivity contribution is 0.122. The van der Waals surface area contributed by atoms with Gasteiger partial charge in [0.25, 0.3) is 0 Å². The molecule has 0 aliphatic carbocycles. The minimum absolute atomic E-state index is 0. The Hall–Kier alpha value is -6.63. The van der Waals surface area contributed by atoms with E-state index in [4.69, 9.17) is 45.9 Å². The first kappa shape index (κ1) is 50.3. The molecule has 0 amide bonds. The number of aromatic nitrogens is 14. The third kappa shape index (κ3) is 12.0. The quantitative estimate of drug-likeness (QED) is 0.161. The number of nitrogens with zero attached hydrogens (tertiary/aromatic N) is 17. The lowest BCUT2D eigenvalue weighted by Gasteiger charge is -2.32. The van der Waals surface area contributed by atoms with Gasteiger partial charge < -0.3 is 45.2 Å². The van der Waals surface area contributed by atoms with Gasteiger partial charge in [0.2, 0.25) is 23.8 Å². The lowest BCUT2D eigenvalue weighted by Crippen LogP contribution is -2.37. The van der Waals surface area contributed by atoms with Gasteiger partial charge in [-0.15, -0.1) is 12.4 Å². The molecule has 0 bridgehead atoms. The Morgan fingerprint density at radius 1 is 0.569 bits per heavy atom. The van der Waals surface area contributed by atoms with Crippen LogP contribution in [0.25, 0.3) is 44.8 Å². The molecule has 376 valence electrons. The van der Waals surface area contributed by atoms with E-state index in [1.165, 1.54) is 11.1 Å². The van der Waals surface area contributed by atoms with Gasteiger partial charge in [0.15, 0.2) is 11.3 Å². The Balaban J connectivity index is 0.000000155. The van der Waals surface area contributed by atoms with Crippen LogP contribution in [0.3, 0.4) is 0 Å². The summed E-state index contributed by atoms with van der Waals surface area (Å²) < 4.78 is 15.4. The molecule has 0 atom stereocenters. The van der Waals surface area contributed by atoms with Crippen LogP contribution in [0.15, 0.2) is 86.5 Å². The first-order chi connectivity index (χ1) is 35.0. The Morgan fingerprint density at radius 3 is 1.46 bits per heavy atom. The largest absolute Gasteiger partial charge is 0.378 e. The number of ether oxygens (including phenoxy) is 2. The second-order valence-corrected chi connectivity index (χ2v) is 18.2. The highest BCUT2D eigenvalue weighted by molar-refractivity contribution is 9.08. The maximum atomic E-state index is 5.72. The van der Waals surface area contributed by atoms with Gasteiger partial charge in [0.05, 0.1) is 39.1 Å². The number of pyridine rings is 2. The molecule has 12 rings (SSSR count). The van der Waals surface area contributed by atoms with Crippen LogP contribution in [0.2, 0.25) is 0 Å². The molecule has 8 aromatic heterocycles. The Morgan fingerprint density at radius 2 is 1.03 bits per heavy atom. The van der Waals surface area contributed by atoms with E-state index in [-0.39, 0.29) is 24.3 Å². The molecule has 0 radical (unpaired) electrons. The van der Waals surface area contributed by atoms with Gasteiger partial charge >= 0.3 is 0 Å². The zero-order valence-electron chi connectivity index (χ0n) is 39.8. The van der Waals surface area contributed by atoms with Crippen molar-refractivity contribution in [3.8, 4) is 22.5 Å². The van der Waals surface area contributed by atoms with Crippen LogP contribution in [-0.2, 0) is 21.3 Å². The lowest BCUT2D eigenvalue weighted by atomic mass is 10.0. The van der Waals surface area contributed by atoms with Crippen molar-refractivity contribution in [2.45, 2.75) is 49.6 Å². The number of halogens is 2. The minimum Gasteiger partial charge on any atom is -0.378 e. The standard InChI is InChI=1S/C24H28N10O.C18H23N9O.C6H6BrN.ClH/c25-23-27-13-18(14-28-23)20-21-22(31-24(30-20)33-8-10-35-11-9-33)34(16-29-21)19-3-6-32(7-4-19)15-17-2-1-5-26-12-17;19-17-21-9-12(10-22-17)14-15-16(25-18(24-14)26-5-7-28-8-6-26)27(11-23-15)13-1-3-20-4-2-13;7-4-6-2-1-3-8-5-6;/h1-2,5,12-14,16,19H,3-4,6-11,15H2,(H2,25,27,28);9-11,13,20H,1-8H2,(H2,19,21,22);1-3,5H,4H2;1H. The molecule has 24 heteroatoms. The van der Waals surface area contributed by atoms with Crippen molar-refractivity contribution in [1.82, 2.24) is 79.2 Å². The van der Waals surface area contributed by atoms with Crippen LogP contribution in [-0.4, -0.2) is 153 Å². The summed E-state index contributed by atoms with van der Waals surface area (Å²) in [5.41, 5.74) is 20.1. The smallest absolute Gasteiger partial charge is 0.228 e. The normalized spacial score (nSPS) is 16.9. The monoisotopic (exact) mass is 1060 g/mol. The summed E-state index contributed by atoms with van der Waals surface area (Å²) >= 11 is 3.32. The minimum atomic E-state index is 0. The molecule has 12 heterocycles. The summed E-state index contributed by atoms with van der Waals surface area (Å²) in [6.45, 7) is 10.7. The zero-order chi connectivity index (χ0) is 48.4. The number of anilines is 4. The van der Waals surface area contributed by atoms with E-state index in [1.54, 1.807) is 31.0 Å². The fourth-order valence-electron chi connectivity index (χ4n) is 9.14. The Kier molecular flexibility index (Phi) is 16.9. The number of piperidine rings is 2. The van der Waals surface area contributed by atoms with Crippen LogP contribution in [0.5, 0.6) is 0 Å². The van der Waals surface area contributed by atoms with Gasteiger partial charge in [0, 0.05) is 124 Å². The molecule has 0 unspecified atom stereocenters. The number of morpholine rings is 2. The molecular formula is C48H58BrClN20O2. The molecule has 0 aromatic carbocycles. The molecular weight excluding hydrogens is 1000 g/mol. The second kappa shape index (κ2) is 24.2. The molecule has 4 aliphatic rings. The Labute approximate surface area is 431 Å². The third-order valence-corrected chi connectivity index (χ3v) is 13.6. The molecule has 0 spiro atoms. The molecule has 4 aliphatic heterocycles. The fourth-order valence-corrected chi connectivity index (χ4v) is 9.48. The molecule has 4 fully saturated rings. The van der Waals surface area contributed by atoms with Crippen molar-refractivity contribution in [2.75, 3.05) is 100 Å². The summed E-state index contributed by atoms with van der Waals surface area (Å²) in [6, 6.07) is 8.80. The van der Waals surface area contributed by atoms with E-state index in [0.717, 1.165) is 135 Å². The summed E-state index contributed by atoms with van der Waals surface area (Å²) in [6.07, 6.45) is 22.1. The number of hydrogen-bond acceptors (Lipinski definition) is 20.